The lowest BCUT2D eigenvalue weighted by atomic mass is 9.96. The lowest BCUT2D eigenvalue weighted by Gasteiger charge is -2.32. The summed E-state index contributed by atoms with van der Waals surface area (Å²) in [5.74, 6) is 1.82. The number of aryl methyl sites for hydroxylation is 1. The molecule has 1 aliphatic heterocycles. The van der Waals surface area contributed by atoms with Gasteiger partial charge in [0, 0.05) is 57.4 Å². The van der Waals surface area contributed by atoms with Crippen molar-refractivity contribution >= 4 is 11.7 Å². The first-order chi connectivity index (χ1) is 13.2. The summed E-state index contributed by atoms with van der Waals surface area (Å²) in [6.07, 6.45) is 9.33. The van der Waals surface area contributed by atoms with E-state index in [2.05, 4.69) is 19.5 Å². The van der Waals surface area contributed by atoms with Gasteiger partial charge < -0.3 is 14.2 Å². The number of carbonyl (C=O) groups is 1. The summed E-state index contributed by atoms with van der Waals surface area (Å²) in [5.41, 5.74) is 1.31. The molecule has 0 aliphatic carbocycles. The molecule has 27 heavy (non-hydrogen) atoms. The molecular formula is C19H24N6O2. The van der Waals surface area contributed by atoms with Gasteiger partial charge in [-0.3, -0.25) is 9.20 Å². The van der Waals surface area contributed by atoms with Gasteiger partial charge in [0.1, 0.15) is 11.5 Å². The van der Waals surface area contributed by atoms with Crippen molar-refractivity contribution in [3.63, 3.8) is 0 Å². The monoisotopic (exact) mass is 368 g/mol. The van der Waals surface area contributed by atoms with Gasteiger partial charge in [0.2, 0.25) is 5.78 Å². The zero-order valence-electron chi connectivity index (χ0n) is 15.7. The van der Waals surface area contributed by atoms with Crippen LogP contribution in [0.4, 0.5) is 0 Å². The molecule has 0 saturated carbocycles. The SMILES string of the molecule is COCCn1ccnc1[C@@H]1CCCN(C(=O)c2c(C)nc3ncccn23)C1. The van der Waals surface area contributed by atoms with Crippen LogP contribution >= 0.6 is 0 Å². The Morgan fingerprint density at radius 1 is 1.30 bits per heavy atom. The second-order valence-electron chi connectivity index (χ2n) is 6.90. The van der Waals surface area contributed by atoms with Crippen LogP contribution in [0.3, 0.4) is 0 Å². The molecule has 0 N–H and O–H groups in total. The second kappa shape index (κ2) is 7.48. The molecule has 8 heteroatoms. The van der Waals surface area contributed by atoms with Crippen molar-refractivity contribution in [2.75, 3.05) is 26.8 Å². The first kappa shape index (κ1) is 17.7. The van der Waals surface area contributed by atoms with Crippen molar-refractivity contribution in [3.8, 4) is 0 Å². The van der Waals surface area contributed by atoms with E-state index >= 15 is 0 Å². The van der Waals surface area contributed by atoms with Crippen molar-refractivity contribution in [2.45, 2.75) is 32.2 Å². The molecule has 1 amide bonds. The van der Waals surface area contributed by atoms with E-state index in [4.69, 9.17) is 4.74 Å². The van der Waals surface area contributed by atoms with Gasteiger partial charge in [0.15, 0.2) is 0 Å². The van der Waals surface area contributed by atoms with E-state index in [0.717, 1.165) is 31.8 Å². The third-order valence-corrected chi connectivity index (χ3v) is 5.14. The molecular weight excluding hydrogens is 344 g/mol. The normalized spacial score (nSPS) is 17.6. The Bertz CT molecular complexity index is 947. The minimum atomic E-state index is 0.00713. The predicted octanol–water partition coefficient (Wildman–Crippen LogP) is 1.90. The number of likely N-dealkylation sites (tertiary alicyclic amines) is 1. The molecule has 0 spiro atoms. The summed E-state index contributed by atoms with van der Waals surface area (Å²) < 4.78 is 9.10. The van der Waals surface area contributed by atoms with Gasteiger partial charge in [-0.25, -0.2) is 15.0 Å². The van der Waals surface area contributed by atoms with Gasteiger partial charge in [0.25, 0.3) is 5.91 Å². The number of rotatable bonds is 5. The number of hydrogen-bond acceptors (Lipinski definition) is 5. The summed E-state index contributed by atoms with van der Waals surface area (Å²) in [4.78, 5) is 28.4. The second-order valence-corrected chi connectivity index (χ2v) is 6.90. The molecule has 1 fully saturated rings. The number of ether oxygens (including phenoxy) is 1. The molecule has 1 saturated heterocycles. The van der Waals surface area contributed by atoms with Crippen LogP contribution in [-0.4, -0.2) is 61.5 Å². The minimum Gasteiger partial charge on any atom is -0.383 e. The number of hydrogen-bond donors (Lipinski definition) is 0. The maximum atomic E-state index is 13.3. The Balaban J connectivity index is 1.57. The Hall–Kier alpha value is -2.74. The number of methoxy groups -OCH3 is 1. The van der Waals surface area contributed by atoms with E-state index < -0.39 is 0 Å². The third kappa shape index (κ3) is 3.32. The van der Waals surface area contributed by atoms with Gasteiger partial charge in [-0.2, -0.15) is 0 Å². The van der Waals surface area contributed by atoms with E-state index in [1.807, 2.05) is 36.5 Å². The Kier molecular flexibility index (Phi) is 4.89. The number of carbonyl (C=O) groups excluding carboxylic acids is 1. The zero-order chi connectivity index (χ0) is 18.8. The first-order valence-electron chi connectivity index (χ1n) is 9.28. The van der Waals surface area contributed by atoms with Crippen LogP contribution < -0.4 is 0 Å². The molecule has 1 atom stereocenters. The van der Waals surface area contributed by atoms with Gasteiger partial charge in [-0.15, -0.1) is 0 Å². The first-order valence-corrected chi connectivity index (χ1v) is 9.28. The third-order valence-electron chi connectivity index (χ3n) is 5.14. The quantitative estimate of drug-likeness (QED) is 0.687. The highest BCUT2D eigenvalue weighted by molar-refractivity contribution is 5.94. The highest BCUT2D eigenvalue weighted by atomic mass is 16.5. The number of nitrogens with zero attached hydrogens (tertiary/aromatic N) is 6. The van der Waals surface area contributed by atoms with Crippen molar-refractivity contribution in [1.82, 2.24) is 28.8 Å². The highest BCUT2D eigenvalue weighted by Crippen LogP contribution is 2.27. The average molecular weight is 368 g/mol. The van der Waals surface area contributed by atoms with Crippen LogP contribution in [-0.2, 0) is 11.3 Å². The molecule has 0 aromatic carbocycles. The molecule has 0 radical (unpaired) electrons. The van der Waals surface area contributed by atoms with Crippen molar-refractivity contribution in [1.29, 1.82) is 0 Å². The molecule has 0 bridgehead atoms. The molecule has 4 rings (SSSR count). The van der Waals surface area contributed by atoms with Crippen molar-refractivity contribution in [2.24, 2.45) is 0 Å². The predicted molar refractivity (Wildman–Crippen MR) is 99.7 cm³/mol. The van der Waals surface area contributed by atoms with Gasteiger partial charge >= 0.3 is 0 Å². The summed E-state index contributed by atoms with van der Waals surface area (Å²) in [7, 11) is 1.70. The Labute approximate surface area is 157 Å². The molecule has 142 valence electrons. The minimum absolute atomic E-state index is 0.00713. The van der Waals surface area contributed by atoms with E-state index in [9.17, 15) is 4.79 Å². The molecule has 3 aromatic heterocycles. The zero-order valence-corrected chi connectivity index (χ0v) is 15.7. The van der Waals surface area contributed by atoms with E-state index in [-0.39, 0.29) is 11.8 Å². The Morgan fingerprint density at radius 3 is 3.04 bits per heavy atom. The fourth-order valence-corrected chi connectivity index (χ4v) is 3.84. The van der Waals surface area contributed by atoms with Crippen molar-refractivity contribution in [3.05, 3.63) is 48.1 Å². The van der Waals surface area contributed by atoms with Crippen LogP contribution in [0.25, 0.3) is 5.78 Å². The summed E-state index contributed by atoms with van der Waals surface area (Å²) in [5, 5.41) is 0. The van der Waals surface area contributed by atoms with E-state index in [1.54, 1.807) is 17.7 Å². The van der Waals surface area contributed by atoms with Crippen LogP contribution in [0.1, 0.15) is 40.8 Å². The fourth-order valence-electron chi connectivity index (χ4n) is 3.84. The largest absolute Gasteiger partial charge is 0.383 e. The number of aromatic nitrogens is 5. The maximum Gasteiger partial charge on any atom is 0.272 e. The maximum absolute atomic E-state index is 13.3. The number of fused-ring (bicyclic) bond motifs is 1. The van der Waals surface area contributed by atoms with Gasteiger partial charge in [0.05, 0.1) is 12.3 Å². The van der Waals surface area contributed by atoms with Crippen LogP contribution in [0, 0.1) is 6.92 Å². The van der Waals surface area contributed by atoms with Gasteiger partial charge in [-0.1, -0.05) is 0 Å². The lowest BCUT2D eigenvalue weighted by molar-refractivity contribution is 0.0694. The lowest BCUT2D eigenvalue weighted by Crippen LogP contribution is -2.40. The summed E-state index contributed by atoms with van der Waals surface area (Å²) in [6.45, 7) is 4.69. The van der Waals surface area contributed by atoms with Crippen molar-refractivity contribution < 1.29 is 9.53 Å². The average Bonchev–Trinajstić information content (AvgIpc) is 3.29. The van der Waals surface area contributed by atoms with E-state index in [1.165, 1.54) is 0 Å². The Morgan fingerprint density at radius 2 is 2.19 bits per heavy atom. The number of imidazole rings is 2. The van der Waals surface area contributed by atoms with Crippen LogP contribution in [0.2, 0.25) is 0 Å². The number of piperidine rings is 1. The highest BCUT2D eigenvalue weighted by Gasteiger charge is 2.30. The smallest absolute Gasteiger partial charge is 0.272 e. The van der Waals surface area contributed by atoms with E-state index in [0.29, 0.717) is 30.3 Å². The molecule has 0 unspecified atom stereocenters. The number of amides is 1. The summed E-state index contributed by atoms with van der Waals surface area (Å²) >= 11 is 0. The molecule has 4 heterocycles. The molecule has 1 aliphatic rings. The topological polar surface area (TPSA) is 77.5 Å². The van der Waals surface area contributed by atoms with Crippen LogP contribution in [0.5, 0.6) is 0 Å². The van der Waals surface area contributed by atoms with Gasteiger partial charge in [-0.05, 0) is 25.8 Å². The fraction of sp³-hybridized carbons (Fsp3) is 0.474. The standard InChI is InChI=1S/C19H24N6O2/c1-14-16(25-9-4-6-21-19(25)22-14)18(26)24-8-3-5-15(13-24)17-20-7-10-23(17)11-12-27-2/h4,6-7,9-10,15H,3,5,8,11-13H2,1-2H3/t15-/m1/s1. The summed E-state index contributed by atoms with van der Waals surface area (Å²) in [6, 6.07) is 1.82. The molecule has 3 aromatic rings. The molecule has 8 nitrogen and oxygen atoms in total. The van der Waals surface area contributed by atoms with Crippen LogP contribution in [0.15, 0.2) is 30.9 Å².